The molecule has 2 radical (unpaired) electrons. The Morgan fingerprint density at radius 3 is 1.56 bits per heavy atom. The van der Waals surface area contributed by atoms with E-state index in [1.165, 1.54) is 5.46 Å². The predicted octanol–water partition coefficient (Wildman–Crippen LogP) is 4.34. The van der Waals surface area contributed by atoms with Crippen LogP contribution in [0.1, 0.15) is 41.5 Å². The van der Waals surface area contributed by atoms with Crippen molar-refractivity contribution >= 4 is 12.7 Å². The van der Waals surface area contributed by atoms with Gasteiger partial charge in [0, 0.05) is 32.7 Å². The van der Waals surface area contributed by atoms with Crippen LogP contribution in [0, 0.1) is 7.43 Å². The Morgan fingerprint density at radius 2 is 1.25 bits per heavy atom. The van der Waals surface area contributed by atoms with Crippen LogP contribution in [0.2, 0.25) is 5.82 Å². The molecule has 1 rings (SSSR count). The van der Waals surface area contributed by atoms with Crippen LogP contribution >= 0.6 is 0 Å². The molecule has 1 aromatic rings. The van der Waals surface area contributed by atoms with Gasteiger partial charge in [-0.1, -0.05) is 83.2 Å². The van der Waals surface area contributed by atoms with E-state index in [1.54, 1.807) is 0 Å². The Hall–Kier alpha value is 0.389. The molecule has 0 aliphatic rings. The van der Waals surface area contributed by atoms with Gasteiger partial charge in [0.2, 0.25) is 0 Å². The van der Waals surface area contributed by atoms with Crippen LogP contribution in [0.4, 0.5) is 0 Å². The van der Waals surface area contributed by atoms with E-state index in [4.69, 9.17) is 0 Å². The molecule has 0 saturated carbocycles. The van der Waals surface area contributed by atoms with Gasteiger partial charge in [0.25, 0.3) is 0 Å². The van der Waals surface area contributed by atoms with E-state index in [0.717, 1.165) is 0 Å². The molecule has 0 heterocycles. The molecule has 0 unspecified atom stereocenters. The average molecular weight is 295 g/mol. The van der Waals surface area contributed by atoms with Crippen molar-refractivity contribution in [1.82, 2.24) is 0 Å². The minimum absolute atomic E-state index is 0. The van der Waals surface area contributed by atoms with Gasteiger partial charge in [-0.15, -0.1) is 0 Å². The zero-order valence-corrected chi connectivity index (χ0v) is 15.0. The van der Waals surface area contributed by atoms with Crippen LogP contribution in [-0.2, 0) is 32.7 Å². The van der Waals surface area contributed by atoms with Crippen LogP contribution in [-0.4, -0.2) is 7.28 Å². The molecule has 1 aromatic carbocycles. The van der Waals surface area contributed by atoms with Crippen molar-refractivity contribution in [2.45, 2.75) is 47.4 Å². The molecule has 0 amide bonds. The third-order valence-corrected chi connectivity index (χ3v) is 1.33. The Morgan fingerprint density at radius 1 is 0.875 bits per heavy atom. The van der Waals surface area contributed by atoms with Gasteiger partial charge < -0.3 is 7.43 Å². The number of hydrogen-bond donors (Lipinski definition) is 0. The summed E-state index contributed by atoms with van der Waals surface area (Å²) in [5.41, 5.74) is 1.32. The Bertz CT molecular complexity index is 185. The Balaban J connectivity index is -0.000000109. The number of rotatable bonds is 2. The van der Waals surface area contributed by atoms with Gasteiger partial charge in [0.05, 0.1) is 0 Å². The van der Waals surface area contributed by atoms with Crippen LogP contribution in [0.15, 0.2) is 30.3 Å². The molecule has 0 bridgehead atoms. The fourth-order valence-electron chi connectivity index (χ4n) is 0.949. The second-order valence-corrected chi connectivity index (χ2v) is 2.82. The fourth-order valence-corrected chi connectivity index (χ4v) is 0.949. The van der Waals surface area contributed by atoms with Gasteiger partial charge in [-0.25, -0.2) is 0 Å². The molecule has 0 nitrogen and oxygen atoms in total. The molecule has 90 valence electrons. The second kappa shape index (κ2) is 20.8. The topological polar surface area (TPSA) is 0 Å². The quantitative estimate of drug-likeness (QED) is 0.562. The minimum atomic E-state index is 0. The van der Waals surface area contributed by atoms with Crippen molar-refractivity contribution < 1.29 is 32.7 Å². The summed E-state index contributed by atoms with van der Waals surface area (Å²) in [5, 5.41) is 0. The summed E-state index contributed by atoms with van der Waals surface area (Å²) >= 11 is 0. The van der Waals surface area contributed by atoms with E-state index in [-0.39, 0.29) is 40.1 Å². The van der Waals surface area contributed by atoms with Crippen LogP contribution in [0.25, 0.3) is 0 Å². The van der Waals surface area contributed by atoms with Crippen molar-refractivity contribution in [3.05, 3.63) is 37.8 Å². The van der Waals surface area contributed by atoms with Crippen molar-refractivity contribution in [3.8, 4) is 0 Å². The average Bonchev–Trinajstić information content (AvgIpc) is 2.24. The van der Waals surface area contributed by atoms with E-state index in [0.29, 0.717) is 5.82 Å². The summed E-state index contributed by atoms with van der Waals surface area (Å²) in [6.45, 7) is 12.4. The van der Waals surface area contributed by atoms with E-state index in [9.17, 15) is 0 Å². The van der Waals surface area contributed by atoms with Crippen LogP contribution in [0.5, 0.6) is 0 Å². The fraction of sp³-hybridized carbons (Fsp3) is 0.500. The maximum atomic E-state index is 2.25. The molecule has 0 fully saturated rings. The Kier molecular flexibility index (Phi) is 32.8. The molecule has 0 atom stereocenters. The number of benzene rings is 1. The van der Waals surface area contributed by atoms with Gasteiger partial charge in [0.1, 0.15) is 0 Å². The summed E-state index contributed by atoms with van der Waals surface area (Å²) in [5.74, 6) is 0.641. The smallest absolute Gasteiger partial charge is 0.154 e. The van der Waals surface area contributed by atoms with Gasteiger partial charge in [-0.05, 0) is 0 Å². The van der Waals surface area contributed by atoms with Crippen molar-refractivity contribution in [2.24, 2.45) is 0 Å². The van der Waals surface area contributed by atoms with Gasteiger partial charge in [-0.2, -0.15) is 0 Å². The first-order valence-electron chi connectivity index (χ1n) is 5.69. The third-order valence-electron chi connectivity index (χ3n) is 1.33. The first-order chi connectivity index (χ1) is 6.79. The monoisotopic (exact) mass is 295 g/mol. The summed E-state index contributed by atoms with van der Waals surface area (Å²) in [4.78, 5) is 0. The molecule has 0 spiro atoms. The van der Waals surface area contributed by atoms with Crippen molar-refractivity contribution in [2.75, 3.05) is 0 Å². The Labute approximate surface area is 130 Å². The first kappa shape index (κ1) is 25.3. The van der Waals surface area contributed by atoms with Gasteiger partial charge in [0.15, 0.2) is 7.28 Å². The first-order valence-corrected chi connectivity index (χ1v) is 5.69. The van der Waals surface area contributed by atoms with Gasteiger partial charge in [-0.3, -0.25) is 0 Å². The number of hydrogen-bond acceptors (Lipinski definition) is 0. The molecule has 16 heavy (non-hydrogen) atoms. The zero-order valence-electron chi connectivity index (χ0n) is 12.1. The second-order valence-electron chi connectivity index (χ2n) is 2.82. The van der Waals surface area contributed by atoms with E-state index < -0.39 is 0 Å². The minimum Gasteiger partial charge on any atom is -0.358 e. The summed E-state index contributed by atoms with van der Waals surface area (Å²) in [7, 11) is 2.25. The molecule has 2 heteroatoms. The maximum Gasteiger partial charge on any atom is 0.154 e. The van der Waals surface area contributed by atoms with Crippen molar-refractivity contribution in [3.63, 3.8) is 0 Å². The molecular weight excluding hydrogens is 268 g/mol. The van der Waals surface area contributed by atoms with Crippen LogP contribution < -0.4 is 5.46 Å². The zero-order chi connectivity index (χ0) is 11.4. The molecule has 0 aliphatic carbocycles. The van der Waals surface area contributed by atoms with E-state index >= 15 is 0 Å². The normalized spacial score (nSPS) is 6.94. The molecule has 0 aliphatic heterocycles. The molecule has 0 aromatic heterocycles. The van der Waals surface area contributed by atoms with Crippen molar-refractivity contribution in [1.29, 1.82) is 0 Å². The third kappa shape index (κ3) is 16.8. The largest absolute Gasteiger partial charge is 0.358 e. The SMILES string of the molecule is CC.CC.CC(C)[B]c1ccccc1.[CH3-].[Y]. The molecular formula is C14H27BY-. The van der Waals surface area contributed by atoms with E-state index in [2.05, 4.69) is 45.4 Å². The predicted molar refractivity (Wildman–Crippen MR) is 76.0 cm³/mol. The molecule has 0 N–H and O–H groups in total. The summed E-state index contributed by atoms with van der Waals surface area (Å²) < 4.78 is 0. The summed E-state index contributed by atoms with van der Waals surface area (Å²) in [6.07, 6.45) is 0. The van der Waals surface area contributed by atoms with E-state index in [1.807, 2.05) is 33.8 Å². The maximum absolute atomic E-state index is 2.25. The standard InChI is InChI=1S/C9H12B.2C2H6.CH3.Y/c1-8(2)10-9-6-4-3-5-7-9;2*1-2;;/h3-8H,1-2H3;2*1-2H3;1H3;/q;;;-1;. The van der Waals surface area contributed by atoms with Crippen LogP contribution in [0.3, 0.4) is 0 Å². The molecule has 0 saturated heterocycles. The summed E-state index contributed by atoms with van der Waals surface area (Å²) in [6, 6.07) is 10.4. The van der Waals surface area contributed by atoms with Gasteiger partial charge >= 0.3 is 0 Å².